The first kappa shape index (κ1) is 19.7. The maximum atomic E-state index is 9.56. The number of benzene rings is 1. The molecule has 0 bridgehead atoms. The molecule has 0 aliphatic rings. The average molecular weight is 335 g/mol. The fourth-order valence-electron chi connectivity index (χ4n) is 1.68. The quantitative estimate of drug-likeness (QED) is 0.464. The van der Waals surface area contributed by atoms with Gasteiger partial charge in [0.1, 0.15) is 0 Å². The highest BCUT2D eigenvalue weighted by Gasteiger charge is 2.00. The Morgan fingerprint density at radius 2 is 1.75 bits per heavy atom. The smallest absolute Gasteiger partial charge is 0.0452 e. The van der Waals surface area contributed by atoms with Gasteiger partial charge in [-0.05, 0) is 43.4 Å². The van der Waals surface area contributed by atoms with Crippen LogP contribution in [0.3, 0.4) is 0 Å². The van der Waals surface area contributed by atoms with Crippen LogP contribution < -0.4 is 0 Å². The van der Waals surface area contributed by atoms with Crippen molar-refractivity contribution in [1.29, 1.82) is 0 Å². The van der Waals surface area contributed by atoms with Crippen LogP contribution in [0.4, 0.5) is 0 Å². The van der Waals surface area contributed by atoms with Crippen LogP contribution in [-0.2, 0) is 17.2 Å². The first-order valence-electron chi connectivity index (χ1n) is 6.77. The first-order valence-corrected chi connectivity index (χ1v) is 9.49. The predicted octanol–water partition coefficient (Wildman–Crippen LogP) is 5.67. The molecule has 0 aliphatic heterocycles. The second-order valence-electron chi connectivity index (χ2n) is 4.72. The van der Waals surface area contributed by atoms with Gasteiger partial charge in [0, 0.05) is 33.4 Å². The number of rotatable bonds is 7. The molecule has 0 radical (unpaired) electrons. The highest BCUT2D eigenvalue weighted by Crippen LogP contribution is 2.22. The molecule has 0 heterocycles. The zero-order chi connectivity index (χ0) is 15.4. The number of unbranched alkanes of at least 4 members (excludes halogenated alkanes) is 4. The molecule has 0 saturated heterocycles. The average Bonchev–Trinajstić information content (AvgIpc) is 2.35. The minimum absolute atomic E-state index is 0.611. The van der Waals surface area contributed by atoms with Crippen LogP contribution in [0.2, 0.25) is 10.0 Å². The van der Waals surface area contributed by atoms with E-state index in [0.717, 1.165) is 17.9 Å². The molecule has 114 valence electrons. The molecule has 0 aliphatic carbocycles. The number of halogens is 2. The molecule has 0 aromatic heterocycles. The summed E-state index contributed by atoms with van der Waals surface area (Å²) in [7, 11) is -0.611. The van der Waals surface area contributed by atoms with Crippen molar-refractivity contribution in [1.82, 2.24) is 0 Å². The van der Waals surface area contributed by atoms with Crippen molar-refractivity contribution in [3.05, 3.63) is 46.5 Å². The van der Waals surface area contributed by atoms with Crippen LogP contribution in [0.5, 0.6) is 0 Å². The molecule has 4 heteroatoms. The lowest BCUT2D eigenvalue weighted by atomic mass is 10.1. The Bertz CT molecular complexity index is 415. The Balaban J connectivity index is 0.000000796. The summed E-state index contributed by atoms with van der Waals surface area (Å²) in [5, 5.41) is 1.50. The van der Waals surface area contributed by atoms with E-state index in [2.05, 4.69) is 6.58 Å². The Morgan fingerprint density at radius 1 is 1.15 bits per heavy atom. The fourth-order valence-corrected chi connectivity index (χ4v) is 2.19. The van der Waals surface area contributed by atoms with Crippen LogP contribution in [0.25, 0.3) is 0 Å². The Morgan fingerprint density at radius 3 is 2.30 bits per heavy atom. The van der Waals surface area contributed by atoms with Crippen molar-refractivity contribution < 1.29 is 4.21 Å². The highest BCUT2D eigenvalue weighted by atomic mass is 35.5. The van der Waals surface area contributed by atoms with Crippen molar-refractivity contribution in [2.24, 2.45) is 0 Å². The summed E-state index contributed by atoms with van der Waals surface area (Å²) in [5.74, 6) is 0. The lowest BCUT2D eigenvalue weighted by molar-refractivity contribution is 0.646. The van der Waals surface area contributed by atoms with Crippen molar-refractivity contribution in [2.45, 2.75) is 38.5 Å². The van der Waals surface area contributed by atoms with Gasteiger partial charge in [0.25, 0.3) is 0 Å². The predicted molar refractivity (Wildman–Crippen MR) is 93.4 cm³/mol. The zero-order valence-corrected chi connectivity index (χ0v) is 14.7. The van der Waals surface area contributed by atoms with Crippen molar-refractivity contribution in [3.8, 4) is 0 Å². The second kappa shape index (κ2) is 12.4. The maximum absolute atomic E-state index is 9.56. The van der Waals surface area contributed by atoms with E-state index in [1.54, 1.807) is 12.5 Å². The Labute approximate surface area is 135 Å². The molecule has 0 saturated carbocycles. The SMILES string of the molecule is C=CCCCCCCc1ccc(Cl)cc1Cl.CS(C)=O. The number of allylic oxidation sites excluding steroid dienone is 1. The van der Waals surface area contributed by atoms with Gasteiger partial charge in [-0.15, -0.1) is 6.58 Å². The lowest BCUT2D eigenvalue weighted by Gasteiger charge is -2.04. The standard InChI is InChI=1S/C14H18Cl2.C2H6OS/c1-2-3-4-5-6-7-8-12-9-10-13(15)11-14(12)16;1-4(2)3/h2,9-11H,1,3-8H2;1-2H3. The van der Waals surface area contributed by atoms with Crippen LogP contribution in [-0.4, -0.2) is 16.7 Å². The molecule has 1 rings (SSSR count). The van der Waals surface area contributed by atoms with Crippen LogP contribution >= 0.6 is 23.2 Å². The largest absolute Gasteiger partial charge is 0.260 e. The summed E-state index contributed by atoms with van der Waals surface area (Å²) < 4.78 is 9.56. The van der Waals surface area contributed by atoms with Gasteiger partial charge in [-0.2, -0.15) is 0 Å². The zero-order valence-electron chi connectivity index (χ0n) is 12.3. The van der Waals surface area contributed by atoms with Crippen LogP contribution in [0, 0.1) is 0 Å². The molecule has 0 amide bonds. The third kappa shape index (κ3) is 11.5. The Kier molecular flexibility index (Phi) is 12.2. The molecule has 1 aromatic rings. The van der Waals surface area contributed by atoms with Crippen molar-refractivity contribution >= 4 is 34.0 Å². The van der Waals surface area contributed by atoms with E-state index in [0.29, 0.717) is 5.02 Å². The van der Waals surface area contributed by atoms with Gasteiger partial charge >= 0.3 is 0 Å². The molecular formula is C16H24Cl2OS. The molecule has 0 fully saturated rings. The third-order valence-corrected chi connectivity index (χ3v) is 3.21. The summed E-state index contributed by atoms with van der Waals surface area (Å²) >= 11 is 11.9. The summed E-state index contributed by atoms with van der Waals surface area (Å²) in [6.45, 7) is 3.72. The van der Waals surface area contributed by atoms with Gasteiger partial charge < -0.3 is 0 Å². The molecule has 0 atom stereocenters. The van der Waals surface area contributed by atoms with E-state index in [9.17, 15) is 4.21 Å². The molecule has 0 N–H and O–H groups in total. The van der Waals surface area contributed by atoms with E-state index < -0.39 is 10.8 Å². The van der Waals surface area contributed by atoms with E-state index in [1.807, 2.05) is 24.3 Å². The number of hydrogen-bond donors (Lipinski definition) is 0. The van der Waals surface area contributed by atoms with Crippen LogP contribution in [0.15, 0.2) is 30.9 Å². The van der Waals surface area contributed by atoms with E-state index in [1.165, 1.54) is 31.2 Å². The molecule has 0 spiro atoms. The van der Waals surface area contributed by atoms with Gasteiger partial charge in [0.2, 0.25) is 0 Å². The van der Waals surface area contributed by atoms with Gasteiger partial charge in [-0.1, -0.05) is 48.2 Å². The summed E-state index contributed by atoms with van der Waals surface area (Å²) in [6, 6.07) is 5.74. The molecular weight excluding hydrogens is 311 g/mol. The minimum Gasteiger partial charge on any atom is -0.260 e. The van der Waals surface area contributed by atoms with Gasteiger partial charge in [-0.3, -0.25) is 4.21 Å². The monoisotopic (exact) mass is 334 g/mol. The van der Waals surface area contributed by atoms with Crippen LogP contribution in [0.1, 0.15) is 37.7 Å². The molecule has 1 aromatic carbocycles. The van der Waals surface area contributed by atoms with Gasteiger partial charge in [0.05, 0.1) is 0 Å². The van der Waals surface area contributed by atoms with Gasteiger partial charge in [0.15, 0.2) is 0 Å². The molecule has 1 nitrogen and oxygen atoms in total. The lowest BCUT2D eigenvalue weighted by Crippen LogP contribution is -1.87. The first-order chi connectivity index (χ1) is 9.47. The number of aryl methyl sites for hydroxylation is 1. The third-order valence-electron chi connectivity index (χ3n) is 2.62. The summed E-state index contributed by atoms with van der Waals surface area (Å²) in [6.07, 6.45) is 12.4. The summed E-state index contributed by atoms with van der Waals surface area (Å²) in [5.41, 5.74) is 1.20. The number of hydrogen-bond acceptors (Lipinski definition) is 1. The van der Waals surface area contributed by atoms with E-state index in [-0.39, 0.29) is 0 Å². The fraction of sp³-hybridized carbons (Fsp3) is 0.500. The van der Waals surface area contributed by atoms with E-state index in [4.69, 9.17) is 23.2 Å². The highest BCUT2D eigenvalue weighted by molar-refractivity contribution is 7.83. The second-order valence-corrected chi connectivity index (χ2v) is 7.05. The van der Waals surface area contributed by atoms with E-state index >= 15 is 0 Å². The maximum Gasteiger partial charge on any atom is 0.0452 e. The van der Waals surface area contributed by atoms with Crippen molar-refractivity contribution in [2.75, 3.05) is 12.5 Å². The minimum atomic E-state index is -0.611. The topological polar surface area (TPSA) is 17.1 Å². The normalized spacial score (nSPS) is 10.1. The Hall–Kier alpha value is -0.310. The summed E-state index contributed by atoms with van der Waals surface area (Å²) in [4.78, 5) is 0. The van der Waals surface area contributed by atoms with Crippen molar-refractivity contribution in [3.63, 3.8) is 0 Å². The molecule has 0 unspecified atom stereocenters. The van der Waals surface area contributed by atoms with Gasteiger partial charge in [-0.25, -0.2) is 0 Å². The molecule has 20 heavy (non-hydrogen) atoms.